The van der Waals surface area contributed by atoms with Gasteiger partial charge in [-0.15, -0.1) is 11.3 Å². The maximum Gasteiger partial charge on any atom is 0.279 e. The Labute approximate surface area is 168 Å². The van der Waals surface area contributed by atoms with Crippen molar-refractivity contribution in [1.82, 2.24) is 4.57 Å². The van der Waals surface area contributed by atoms with E-state index in [4.69, 9.17) is 4.74 Å². The first-order valence-electron chi connectivity index (χ1n) is 9.24. The van der Waals surface area contributed by atoms with Crippen LogP contribution in [0.1, 0.15) is 35.0 Å². The average Bonchev–Trinajstić information content (AvgIpc) is 2.96. The fourth-order valence-corrected chi connectivity index (χ4v) is 3.85. The number of unbranched alkanes of at least 4 members (excludes halogenated alkanes) is 1. The van der Waals surface area contributed by atoms with Crippen molar-refractivity contribution in [2.75, 3.05) is 6.61 Å². The molecule has 0 fully saturated rings. The molecule has 1 aromatic heterocycles. The second-order valence-electron chi connectivity index (χ2n) is 6.50. The molecule has 4 nitrogen and oxygen atoms in total. The minimum absolute atomic E-state index is 0.276. The largest absolute Gasteiger partial charge is 0.494 e. The molecule has 1 heterocycles. The molecule has 3 rings (SSSR count). The van der Waals surface area contributed by atoms with Crippen molar-refractivity contribution in [3.63, 3.8) is 0 Å². The normalized spacial score (nSPS) is 11.6. The van der Waals surface area contributed by atoms with E-state index in [1.165, 1.54) is 23.5 Å². The molecule has 6 heteroatoms. The molecule has 0 bridgehead atoms. The molecule has 0 atom stereocenters. The van der Waals surface area contributed by atoms with Crippen LogP contribution >= 0.6 is 11.3 Å². The van der Waals surface area contributed by atoms with Crippen molar-refractivity contribution in [2.45, 2.75) is 26.7 Å². The van der Waals surface area contributed by atoms with Gasteiger partial charge in [-0.05, 0) is 67.4 Å². The van der Waals surface area contributed by atoms with Crippen molar-refractivity contribution >= 4 is 17.2 Å². The summed E-state index contributed by atoms with van der Waals surface area (Å²) in [6, 6.07) is 13.4. The summed E-state index contributed by atoms with van der Waals surface area (Å²) in [5.74, 6) is 0.172. The molecule has 146 valence electrons. The minimum Gasteiger partial charge on any atom is -0.494 e. The number of rotatable bonds is 6. The Morgan fingerprint density at radius 3 is 2.46 bits per heavy atom. The van der Waals surface area contributed by atoms with E-state index in [1.807, 2.05) is 18.5 Å². The second-order valence-corrected chi connectivity index (χ2v) is 7.68. The van der Waals surface area contributed by atoms with Crippen LogP contribution in [-0.4, -0.2) is 17.1 Å². The summed E-state index contributed by atoms with van der Waals surface area (Å²) in [4.78, 5) is 18.5. The molecule has 0 aliphatic heterocycles. The molecule has 28 heavy (non-hydrogen) atoms. The number of benzene rings is 2. The lowest BCUT2D eigenvalue weighted by Gasteiger charge is -2.05. The van der Waals surface area contributed by atoms with E-state index in [1.54, 1.807) is 36.4 Å². The highest BCUT2D eigenvalue weighted by Crippen LogP contribution is 2.24. The number of amides is 1. The standard InChI is InChI=1S/C22H23FN2O2S/c1-4-5-14-27-19-12-8-17(9-13-19)21(26)24-22-25(3)20(15(2)28-22)16-6-10-18(23)11-7-16/h6-13H,4-5,14H2,1-3H3. The van der Waals surface area contributed by atoms with Crippen molar-refractivity contribution in [3.05, 3.63) is 69.6 Å². The fourth-order valence-electron chi connectivity index (χ4n) is 2.87. The molecule has 0 saturated heterocycles. The number of nitrogens with zero attached hydrogens (tertiary/aromatic N) is 2. The van der Waals surface area contributed by atoms with Crippen LogP contribution in [0, 0.1) is 12.7 Å². The quantitative estimate of drug-likeness (QED) is 0.541. The Kier molecular flexibility index (Phi) is 6.41. The fraction of sp³-hybridized carbons (Fsp3) is 0.273. The van der Waals surface area contributed by atoms with Gasteiger partial charge in [-0.1, -0.05) is 13.3 Å². The molecule has 0 unspecified atom stereocenters. The van der Waals surface area contributed by atoms with Crippen LogP contribution in [0.3, 0.4) is 0 Å². The zero-order valence-electron chi connectivity index (χ0n) is 16.2. The van der Waals surface area contributed by atoms with E-state index in [0.29, 0.717) is 17.0 Å². The summed E-state index contributed by atoms with van der Waals surface area (Å²) < 4.78 is 20.7. The smallest absolute Gasteiger partial charge is 0.279 e. The average molecular weight is 399 g/mol. The molecular formula is C22H23FN2O2S. The zero-order chi connectivity index (χ0) is 20.1. The van der Waals surface area contributed by atoms with Gasteiger partial charge < -0.3 is 9.30 Å². The van der Waals surface area contributed by atoms with Gasteiger partial charge in [0.25, 0.3) is 5.91 Å². The summed E-state index contributed by atoms with van der Waals surface area (Å²) in [5.41, 5.74) is 2.33. The number of carbonyl (C=O) groups is 1. The molecule has 0 aliphatic rings. The predicted octanol–water partition coefficient (Wildman–Crippen LogP) is 5.12. The third-order valence-electron chi connectivity index (χ3n) is 4.38. The number of hydrogen-bond donors (Lipinski definition) is 0. The van der Waals surface area contributed by atoms with Gasteiger partial charge >= 0.3 is 0 Å². The van der Waals surface area contributed by atoms with Crippen molar-refractivity contribution in [1.29, 1.82) is 0 Å². The van der Waals surface area contributed by atoms with E-state index < -0.39 is 0 Å². The molecule has 3 aromatic rings. The lowest BCUT2D eigenvalue weighted by molar-refractivity contribution is 0.0998. The van der Waals surface area contributed by atoms with Crippen LogP contribution in [0.2, 0.25) is 0 Å². The molecule has 1 amide bonds. The van der Waals surface area contributed by atoms with Crippen molar-refractivity contribution in [3.8, 4) is 17.0 Å². The molecular weight excluding hydrogens is 375 g/mol. The van der Waals surface area contributed by atoms with E-state index in [-0.39, 0.29) is 11.7 Å². The first-order valence-corrected chi connectivity index (χ1v) is 10.1. The Bertz CT molecular complexity index is 1020. The van der Waals surface area contributed by atoms with Gasteiger partial charge in [0, 0.05) is 17.5 Å². The van der Waals surface area contributed by atoms with Crippen LogP contribution in [0.15, 0.2) is 53.5 Å². The lowest BCUT2D eigenvalue weighted by atomic mass is 10.1. The molecule has 0 saturated carbocycles. The highest BCUT2D eigenvalue weighted by molar-refractivity contribution is 7.09. The molecule has 0 radical (unpaired) electrons. The van der Waals surface area contributed by atoms with Gasteiger partial charge in [0.15, 0.2) is 4.80 Å². The summed E-state index contributed by atoms with van der Waals surface area (Å²) in [6.45, 7) is 4.75. The summed E-state index contributed by atoms with van der Waals surface area (Å²) in [6.07, 6.45) is 2.08. The van der Waals surface area contributed by atoms with Gasteiger partial charge in [0.05, 0.1) is 12.3 Å². The second kappa shape index (κ2) is 8.97. The van der Waals surface area contributed by atoms with Crippen molar-refractivity contribution < 1.29 is 13.9 Å². The number of aryl methyl sites for hydroxylation is 1. The minimum atomic E-state index is -0.303. The van der Waals surface area contributed by atoms with E-state index in [0.717, 1.165) is 34.7 Å². The Morgan fingerprint density at radius 1 is 1.14 bits per heavy atom. The van der Waals surface area contributed by atoms with Gasteiger partial charge in [0.2, 0.25) is 0 Å². The highest BCUT2D eigenvalue weighted by atomic mass is 32.1. The SMILES string of the molecule is CCCCOc1ccc(C(=O)N=c2sc(C)c(-c3ccc(F)cc3)n2C)cc1. The third kappa shape index (κ3) is 4.57. The molecule has 2 aromatic carbocycles. The van der Waals surface area contributed by atoms with Crippen LogP contribution in [0.4, 0.5) is 4.39 Å². The summed E-state index contributed by atoms with van der Waals surface area (Å²) in [5, 5.41) is 0. The number of aromatic nitrogens is 1. The topological polar surface area (TPSA) is 43.6 Å². The van der Waals surface area contributed by atoms with E-state index in [9.17, 15) is 9.18 Å². The van der Waals surface area contributed by atoms with Crippen LogP contribution in [0.5, 0.6) is 5.75 Å². The zero-order valence-corrected chi connectivity index (χ0v) is 17.1. The van der Waals surface area contributed by atoms with Gasteiger partial charge in [-0.2, -0.15) is 4.99 Å². The van der Waals surface area contributed by atoms with Crippen LogP contribution < -0.4 is 9.54 Å². The van der Waals surface area contributed by atoms with Gasteiger partial charge in [0.1, 0.15) is 11.6 Å². The molecule has 0 spiro atoms. The number of carbonyl (C=O) groups excluding carboxylic acids is 1. The Balaban J connectivity index is 1.84. The summed E-state index contributed by atoms with van der Waals surface area (Å²) >= 11 is 1.44. The first kappa shape index (κ1) is 20.0. The van der Waals surface area contributed by atoms with Crippen molar-refractivity contribution in [2.24, 2.45) is 12.0 Å². The maximum absolute atomic E-state index is 13.2. The van der Waals surface area contributed by atoms with Crippen LogP contribution in [0.25, 0.3) is 11.3 Å². The number of hydrogen-bond acceptors (Lipinski definition) is 3. The first-order chi connectivity index (χ1) is 13.5. The Hall–Kier alpha value is -2.73. The summed E-state index contributed by atoms with van der Waals surface area (Å²) in [7, 11) is 1.86. The highest BCUT2D eigenvalue weighted by Gasteiger charge is 2.12. The van der Waals surface area contributed by atoms with Crippen LogP contribution in [-0.2, 0) is 7.05 Å². The maximum atomic E-state index is 13.2. The molecule has 0 aliphatic carbocycles. The van der Waals surface area contributed by atoms with E-state index in [2.05, 4.69) is 11.9 Å². The molecule has 0 N–H and O–H groups in total. The van der Waals surface area contributed by atoms with Gasteiger partial charge in [-0.3, -0.25) is 4.79 Å². The lowest BCUT2D eigenvalue weighted by Crippen LogP contribution is -2.14. The van der Waals surface area contributed by atoms with Gasteiger partial charge in [-0.25, -0.2) is 4.39 Å². The number of thiazole rings is 1. The number of ether oxygens (including phenoxy) is 1. The third-order valence-corrected chi connectivity index (χ3v) is 5.43. The predicted molar refractivity (Wildman–Crippen MR) is 110 cm³/mol. The monoisotopic (exact) mass is 398 g/mol. The van der Waals surface area contributed by atoms with E-state index >= 15 is 0 Å². The Morgan fingerprint density at radius 2 is 1.82 bits per heavy atom. The number of halogens is 1.